The molecule has 0 atom stereocenters. The molecule has 1 heterocycles. The van der Waals surface area contributed by atoms with E-state index in [0.29, 0.717) is 13.2 Å². The first-order valence-electron chi connectivity index (χ1n) is 5.89. The number of carbonyl (C=O) groups excluding carboxylic acids is 2. The highest BCUT2D eigenvalue weighted by atomic mass is 16.5. The molecule has 18 heavy (non-hydrogen) atoms. The van der Waals surface area contributed by atoms with Crippen molar-refractivity contribution in [3.8, 4) is 0 Å². The molecule has 0 saturated heterocycles. The molecule has 5 heteroatoms. The summed E-state index contributed by atoms with van der Waals surface area (Å²) in [6.45, 7) is 2.58. The maximum absolute atomic E-state index is 12.1. The Kier molecular flexibility index (Phi) is 3.50. The molecule has 96 valence electrons. The molecule has 2 amide bonds. The van der Waals surface area contributed by atoms with Gasteiger partial charge >= 0.3 is 12.0 Å². The van der Waals surface area contributed by atoms with Crippen LogP contribution in [-0.4, -0.2) is 37.1 Å². The number of anilines is 1. The van der Waals surface area contributed by atoms with Crippen molar-refractivity contribution in [2.45, 2.75) is 13.5 Å². The molecule has 0 fully saturated rings. The fourth-order valence-electron chi connectivity index (χ4n) is 2.03. The molecular formula is C13H16N2O3. The van der Waals surface area contributed by atoms with Crippen molar-refractivity contribution in [3.05, 3.63) is 29.8 Å². The number of hydrogen-bond donors (Lipinski definition) is 0. The summed E-state index contributed by atoms with van der Waals surface area (Å²) in [5.74, 6) is -0.393. The van der Waals surface area contributed by atoms with Gasteiger partial charge in [-0.2, -0.15) is 0 Å². The van der Waals surface area contributed by atoms with E-state index in [1.807, 2.05) is 24.3 Å². The number of para-hydroxylation sites is 1. The second-order valence-electron chi connectivity index (χ2n) is 4.16. The van der Waals surface area contributed by atoms with Gasteiger partial charge in [0.25, 0.3) is 0 Å². The Hall–Kier alpha value is -2.04. The van der Waals surface area contributed by atoms with E-state index < -0.39 is 5.97 Å². The smallest absolute Gasteiger partial charge is 0.326 e. The van der Waals surface area contributed by atoms with Crippen LogP contribution in [0.3, 0.4) is 0 Å². The fourth-order valence-corrected chi connectivity index (χ4v) is 2.03. The largest absolute Gasteiger partial charge is 0.465 e. The Morgan fingerprint density at radius 3 is 2.83 bits per heavy atom. The van der Waals surface area contributed by atoms with Crippen LogP contribution in [-0.2, 0) is 16.1 Å². The summed E-state index contributed by atoms with van der Waals surface area (Å²) in [5, 5.41) is 0. The third kappa shape index (κ3) is 2.30. The second kappa shape index (κ2) is 5.08. The summed E-state index contributed by atoms with van der Waals surface area (Å²) < 4.78 is 4.89. The molecule has 5 nitrogen and oxygen atoms in total. The first kappa shape index (κ1) is 12.4. The van der Waals surface area contributed by atoms with Crippen LogP contribution in [0.5, 0.6) is 0 Å². The maximum Gasteiger partial charge on any atom is 0.326 e. The highest BCUT2D eigenvalue weighted by molar-refractivity contribution is 5.98. The normalized spacial score (nSPS) is 14.4. The van der Waals surface area contributed by atoms with E-state index in [-0.39, 0.29) is 12.6 Å². The lowest BCUT2D eigenvalue weighted by Crippen LogP contribution is -2.47. The monoisotopic (exact) mass is 248 g/mol. The molecule has 1 aliphatic heterocycles. The number of rotatable bonds is 3. The summed E-state index contributed by atoms with van der Waals surface area (Å²) in [5.41, 5.74) is 1.82. The van der Waals surface area contributed by atoms with Gasteiger partial charge in [-0.15, -0.1) is 0 Å². The molecule has 0 spiro atoms. The highest BCUT2D eigenvalue weighted by Gasteiger charge is 2.29. The van der Waals surface area contributed by atoms with E-state index in [1.165, 1.54) is 4.90 Å². The van der Waals surface area contributed by atoms with Crippen LogP contribution in [0, 0.1) is 0 Å². The molecule has 1 aromatic carbocycles. The van der Waals surface area contributed by atoms with Gasteiger partial charge in [0.1, 0.15) is 6.54 Å². The highest BCUT2D eigenvalue weighted by Crippen LogP contribution is 2.27. The van der Waals surface area contributed by atoms with Gasteiger partial charge in [-0.3, -0.25) is 9.69 Å². The number of esters is 1. The first-order valence-corrected chi connectivity index (χ1v) is 5.89. The Morgan fingerprint density at radius 1 is 1.39 bits per heavy atom. The molecule has 0 N–H and O–H groups in total. The van der Waals surface area contributed by atoms with Crippen LogP contribution < -0.4 is 4.90 Å². The lowest BCUT2D eigenvalue weighted by Gasteiger charge is -2.34. The predicted octanol–water partition coefficient (Wildman–Crippen LogP) is 1.62. The van der Waals surface area contributed by atoms with E-state index in [1.54, 1.807) is 18.9 Å². The van der Waals surface area contributed by atoms with Crippen molar-refractivity contribution in [1.82, 2.24) is 4.90 Å². The molecule has 0 radical (unpaired) electrons. The van der Waals surface area contributed by atoms with Gasteiger partial charge in [0.05, 0.1) is 12.3 Å². The molecule has 0 aromatic heterocycles. The number of carbonyl (C=O) groups is 2. The Balaban J connectivity index is 2.27. The van der Waals surface area contributed by atoms with E-state index in [4.69, 9.17) is 4.74 Å². The average molecular weight is 248 g/mol. The molecule has 0 unspecified atom stereocenters. The van der Waals surface area contributed by atoms with Crippen LogP contribution in [0.2, 0.25) is 0 Å². The average Bonchev–Trinajstić information content (AvgIpc) is 2.35. The Bertz CT molecular complexity index is 473. The molecule has 0 saturated carbocycles. The van der Waals surface area contributed by atoms with Crippen molar-refractivity contribution in [1.29, 1.82) is 0 Å². The lowest BCUT2D eigenvalue weighted by molar-refractivity contribution is -0.141. The van der Waals surface area contributed by atoms with Crippen molar-refractivity contribution in [3.63, 3.8) is 0 Å². The van der Waals surface area contributed by atoms with Crippen molar-refractivity contribution in [2.75, 3.05) is 25.1 Å². The maximum atomic E-state index is 12.1. The van der Waals surface area contributed by atoms with Crippen molar-refractivity contribution in [2.24, 2.45) is 0 Å². The zero-order chi connectivity index (χ0) is 13.1. The molecule has 0 aliphatic carbocycles. The van der Waals surface area contributed by atoms with Gasteiger partial charge in [-0.05, 0) is 18.6 Å². The molecular weight excluding hydrogens is 232 g/mol. The number of nitrogens with zero attached hydrogens (tertiary/aromatic N) is 2. The van der Waals surface area contributed by atoms with Gasteiger partial charge < -0.3 is 9.64 Å². The van der Waals surface area contributed by atoms with E-state index >= 15 is 0 Å². The second-order valence-corrected chi connectivity index (χ2v) is 4.16. The minimum absolute atomic E-state index is 0.0476. The van der Waals surface area contributed by atoms with Gasteiger partial charge in [0, 0.05) is 13.6 Å². The molecule has 2 rings (SSSR count). The minimum Gasteiger partial charge on any atom is -0.465 e. The third-order valence-corrected chi connectivity index (χ3v) is 2.84. The van der Waals surface area contributed by atoms with Crippen molar-refractivity contribution < 1.29 is 14.3 Å². The summed E-state index contributed by atoms with van der Waals surface area (Å²) in [4.78, 5) is 26.7. The van der Waals surface area contributed by atoms with E-state index in [2.05, 4.69) is 0 Å². The van der Waals surface area contributed by atoms with E-state index in [9.17, 15) is 9.59 Å². The molecule has 1 aromatic rings. The minimum atomic E-state index is -0.393. The van der Waals surface area contributed by atoms with E-state index in [0.717, 1.165) is 11.3 Å². The Labute approximate surface area is 106 Å². The third-order valence-electron chi connectivity index (χ3n) is 2.84. The zero-order valence-electron chi connectivity index (χ0n) is 10.5. The predicted molar refractivity (Wildman–Crippen MR) is 67.3 cm³/mol. The van der Waals surface area contributed by atoms with Gasteiger partial charge in [0.15, 0.2) is 0 Å². The standard InChI is InChI=1S/C13H16N2O3/c1-3-18-12(16)9-15-11-7-5-4-6-10(11)8-14(2)13(15)17/h4-7H,3,8-9H2,1-2H3. The summed E-state index contributed by atoms with van der Waals surface area (Å²) in [6.07, 6.45) is 0. The number of benzene rings is 1. The lowest BCUT2D eigenvalue weighted by atomic mass is 10.1. The number of ether oxygens (including phenoxy) is 1. The fraction of sp³-hybridized carbons (Fsp3) is 0.385. The summed E-state index contributed by atoms with van der Waals surface area (Å²) >= 11 is 0. The Morgan fingerprint density at radius 2 is 2.11 bits per heavy atom. The van der Waals surface area contributed by atoms with Gasteiger partial charge in [-0.1, -0.05) is 18.2 Å². The van der Waals surface area contributed by atoms with Crippen LogP contribution in [0.25, 0.3) is 0 Å². The van der Waals surface area contributed by atoms with Crippen molar-refractivity contribution >= 4 is 17.7 Å². The number of hydrogen-bond acceptors (Lipinski definition) is 3. The quantitative estimate of drug-likeness (QED) is 0.764. The SMILES string of the molecule is CCOC(=O)CN1C(=O)N(C)Cc2ccccc21. The molecule has 0 bridgehead atoms. The topological polar surface area (TPSA) is 49.9 Å². The summed E-state index contributed by atoms with van der Waals surface area (Å²) in [7, 11) is 1.72. The van der Waals surface area contributed by atoms with Crippen LogP contribution in [0.4, 0.5) is 10.5 Å². The summed E-state index contributed by atoms with van der Waals surface area (Å²) in [6, 6.07) is 7.40. The number of urea groups is 1. The van der Waals surface area contributed by atoms with Crippen LogP contribution >= 0.6 is 0 Å². The van der Waals surface area contributed by atoms with Gasteiger partial charge in [-0.25, -0.2) is 4.79 Å². The molecule has 1 aliphatic rings. The number of fused-ring (bicyclic) bond motifs is 1. The zero-order valence-corrected chi connectivity index (χ0v) is 10.5. The van der Waals surface area contributed by atoms with Crippen LogP contribution in [0.1, 0.15) is 12.5 Å². The first-order chi connectivity index (χ1) is 8.63. The number of amides is 2. The van der Waals surface area contributed by atoms with Gasteiger partial charge in [0.2, 0.25) is 0 Å². The van der Waals surface area contributed by atoms with Crippen LogP contribution in [0.15, 0.2) is 24.3 Å².